The van der Waals surface area contributed by atoms with Crippen LogP contribution in [0.2, 0.25) is 0 Å². The molecule has 0 bridgehead atoms. The molecule has 0 aliphatic heterocycles. The maximum atomic E-state index is 12.4. The van der Waals surface area contributed by atoms with Gasteiger partial charge in [0.05, 0.1) is 6.42 Å². The molecule has 0 saturated heterocycles. The molecule has 1 aliphatic rings. The number of ether oxygens (including phenoxy) is 1. The minimum absolute atomic E-state index is 0.0722. The Bertz CT molecular complexity index is 937. The largest absolute Gasteiger partial charge is 0.481 e. The second-order valence-electron chi connectivity index (χ2n) is 7.60. The van der Waals surface area contributed by atoms with Gasteiger partial charge in [-0.1, -0.05) is 48.5 Å². The predicted octanol–water partition coefficient (Wildman–Crippen LogP) is 2.60. The van der Waals surface area contributed by atoms with Gasteiger partial charge in [-0.05, 0) is 34.4 Å². The van der Waals surface area contributed by atoms with Gasteiger partial charge >= 0.3 is 12.1 Å². The van der Waals surface area contributed by atoms with Gasteiger partial charge in [0.1, 0.15) is 12.6 Å². The molecule has 2 aromatic rings. The Balaban J connectivity index is 1.55. The van der Waals surface area contributed by atoms with Crippen molar-refractivity contribution >= 4 is 29.7 Å². The Morgan fingerprint density at radius 1 is 1.00 bits per heavy atom. The second kappa shape index (κ2) is 12.3. The number of fused-ring (bicyclic) bond motifs is 3. The molecule has 0 heterocycles. The van der Waals surface area contributed by atoms with E-state index in [4.69, 9.17) is 14.9 Å². The van der Waals surface area contributed by atoms with Crippen molar-refractivity contribution in [2.45, 2.75) is 24.8 Å². The summed E-state index contributed by atoms with van der Waals surface area (Å²) in [5, 5.41) is 22.9. The zero-order chi connectivity index (χ0) is 23.6. The smallest absolute Gasteiger partial charge is 0.407 e. The van der Waals surface area contributed by atoms with Gasteiger partial charge in [0.2, 0.25) is 5.91 Å². The number of aliphatic hydroxyl groups is 1. The summed E-state index contributed by atoms with van der Waals surface area (Å²) in [6, 6.07) is 14.6. The van der Waals surface area contributed by atoms with Gasteiger partial charge < -0.3 is 25.6 Å². The summed E-state index contributed by atoms with van der Waals surface area (Å²) in [7, 11) is 0. The van der Waals surface area contributed by atoms with Crippen LogP contribution in [0.4, 0.5) is 4.79 Å². The molecular formula is C24H28N2O6S. The molecular weight excluding hydrogens is 444 g/mol. The van der Waals surface area contributed by atoms with Crippen molar-refractivity contribution < 1.29 is 29.3 Å². The van der Waals surface area contributed by atoms with Crippen molar-refractivity contribution in [3.63, 3.8) is 0 Å². The van der Waals surface area contributed by atoms with Gasteiger partial charge in [-0.2, -0.15) is 11.8 Å². The first-order valence-corrected chi connectivity index (χ1v) is 12.0. The number of carbonyl (C=O) groups excluding carboxylic acids is 2. The van der Waals surface area contributed by atoms with E-state index in [0.717, 1.165) is 28.0 Å². The molecule has 33 heavy (non-hydrogen) atoms. The fourth-order valence-electron chi connectivity index (χ4n) is 3.80. The maximum absolute atomic E-state index is 12.4. The molecule has 1 aliphatic carbocycles. The molecule has 2 aromatic carbocycles. The molecule has 0 fully saturated rings. The fraction of sp³-hybridized carbons (Fsp3) is 0.375. The first kappa shape index (κ1) is 24.6. The number of nitrogens with one attached hydrogen (secondary N) is 2. The first-order chi connectivity index (χ1) is 16.0. The van der Waals surface area contributed by atoms with Gasteiger partial charge in [0.25, 0.3) is 0 Å². The van der Waals surface area contributed by atoms with Crippen LogP contribution in [0.25, 0.3) is 11.1 Å². The Kier molecular flexibility index (Phi) is 9.14. The monoisotopic (exact) mass is 472 g/mol. The molecule has 1 unspecified atom stereocenters. The average Bonchev–Trinajstić information content (AvgIpc) is 3.13. The summed E-state index contributed by atoms with van der Waals surface area (Å²) in [5.74, 6) is -0.523. The molecule has 0 saturated carbocycles. The molecule has 9 heteroatoms. The van der Waals surface area contributed by atoms with E-state index in [-0.39, 0.29) is 19.1 Å². The van der Waals surface area contributed by atoms with E-state index in [0.29, 0.717) is 18.7 Å². The number of carboxylic acids is 1. The third-order valence-electron chi connectivity index (χ3n) is 5.32. The molecule has 1 atom stereocenters. The summed E-state index contributed by atoms with van der Waals surface area (Å²) in [6.45, 7) is 0.518. The molecule has 176 valence electrons. The highest BCUT2D eigenvalue weighted by molar-refractivity contribution is 7.99. The number of rotatable bonds is 12. The lowest BCUT2D eigenvalue weighted by molar-refractivity contribution is -0.139. The van der Waals surface area contributed by atoms with Crippen LogP contribution in [-0.4, -0.2) is 65.5 Å². The Morgan fingerprint density at radius 3 is 2.24 bits per heavy atom. The number of aliphatic hydroxyl groups excluding tert-OH is 1. The summed E-state index contributed by atoms with van der Waals surface area (Å²) in [4.78, 5) is 36.0. The Hall–Kier alpha value is -3.04. The van der Waals surface area contributed by atoms with Crippen molar-refractivity contribution in [3.05, 3.63) is 59.7 Å². The highest BCUT2D eigenvalue weighted by Crippen LogP contribution is 2.44. The van der Waals surface area contributed by atoms with Crippen LogP contribution in [-0.2, 0) is 14.3 Å². The number of carboxylic acid groups (broad SMARTS) is 1. The third kappa shape index (κ3) is 6.72. The quantitative estimate of drug-likeness (QED) is 0.350. The summed E-state index contributed by atoms with van der Waals surface area (Å²) in [5.41, 5.74) is 4.32. The second-order valence-corrected chi connectivity index (χ2v) is 8.83. The molecule has 3 rings (SSSR count). The van der Waals surface area contributed by atoms with Gasteiger partial charge in [0, 0.05) is 24.8 Å². The van der Waals surface area contributed by atoms with Crippen molar-refractivity contribution in [2.75, 3.05) is 31.3 Å². The van der Waals surface area contributed by atoms with E-state index in [2.05, 4.69) is 10.6 Å². The number of carbonyl (C=O) groups is 3. The summed E-state index contributed by atoms with van der Waals surface area (Å²) < 4.78 is 5.42. The molecule has 0 spiro atoms. The van der Waals surface area contributed by atoms with Crippen LogP contribution in [0.3, 0.4) is 0 Å². The van der Waals surface area contributed by atoms with Gasteiger partial charge in [0.15, 0.2) is 0 Å². The van der Waals surface area contributed by atoms with E-state index in [1.54, 1.807) is 11.8 Å². The van der Waals surface area contributed by atoms with E-state index in [1.165, 1.54) is 0 Å². The highest BCUT2D eigenvalue weighted by atomic mass is 32.2. The number of thioether (sulfide) groups is 1. The fourth-order valence-corrected chi connectivity index (χ4v) is 4.59. The van der Waals surface area contributed by atoms with E-state index >= 15 is 0 Å². The SMILES string of the molecule is O=C(O)CC(NC(=O)OCC1c2ccccc2-c2ccccc21)C(=O)NCCSCCCO. The zero-order valence-electron chi connectivity index (χ0n) is 18.2. The minimum Gasteiger partial charge on any atom is -0.481 e. The van der Waals surface area contributed by atoms with Crippen molar-refractivity contribution in [1.82, 2.24) is 10.6 Å². The van der Waals surface area contributed by atoms with Crippen molar-refractivity contribution in [2.24, 2.45) is 0 Å². The summed E-state index contributed by atoms with van der Waals surface area (Å²) >= 11 is 1.57. The lowest BCUT2D eigenvalue weighted by Gasteiger charge is -2.18. The number of alkyl carbamates (subject to hydrolysis) is 1. The lowest BCUT2D eigenvalue weighted by atomic mass is 9.98. The van der Waals surface area contributed by atoms with Crippen LogP contribution in [0.5, 0.6) is 0 Å². The number of amides is 2. The predicted molar refractivity (Wildman–Crippen MR) is 126 cm³/mol. The maximum Gasteiger partial charge on any atom is 0.407 e. The van der Waals surface area contributed by atoms with Gasteiger partial charge in [-0.3, -0.25) is 9.59 Å². The number of benzene rings is 2. The van der Waals surface area contributed by atoms with Crippen LogP contribution in [0, 0.1) is 0 Å². The van der Waals surface area contributed by atoms with E-state index in [1.807, 2.05) is 48.5 Å². The van der Waals surface area contributed by atoms with Crippen molar-refractivity contribution in [3.8, 4) is 11.1 Å². The van der Waals surface area contributed by atoms with Crippen LogP contribution < -0.4 is 10.6 Å². The zero-order valence-corrected chi connectivity index (χ0v) is 19.0. The van der Waals surface area contributed by atoms with E-state index < -0.39 is 30.4 Å². The Labute approximate surface area is 196 Å². The normalized spacial score (nSPS) is 13.0. The molecule has 2 amide bonds. The van der Waals surface area contributed by atoms with Gasteiger partial charge in [-0.25, -0.2) is 4.79 Å². The molecule has 4 N–H and O–H groups in total. The number of hydrogen-bond acceptors (Lipinski definition) is 6. The lowest BCUT2D eigenvalue weighted by Crippen LogP contribution is -2.48. The molecule has 8 nitrogen and oxygen atoms in total. The number of hydrogen-bond donors (Lipinski definition) is 4. The van der Waals surface area contributed by atoms with Crippen LogP contribution in [0.1, 0.15) is 29.9 Å². The van der Waals surface area contributed by atoms with Crippen molar-refractivity contribution in [1.29, 1.82) is 0 Å². The summed E-state index contributed by atoms with van der Waals surface area (Å²) in [6.07, 6.45) is -0.715. The third-order valence-corrected chi connectivity index (χ3v) is 6.39. The molecule has 0 radical (unpaired) electrons. The molecule has 0 aromatic heterocycles. The van der Waals surface area contributed by atoms with Gasteiger partial charge in [-0.15, -0.1) is 0 Å². The Morgan fingerprint density at radius 2 is 1.64 bits per heavy atom. The highest BCUT2D eigenvalue weighted by Gasteiger charge is 2.30. The number of aliphatic carboxylic acids is 1. The topological polar surface area (TPSA) is 125 Å². The first-order valence-electron chi connectivity index (χ1n) is 10.8. The standard InChI is InChI=1S/C24H28N2O6S/c27-11-5-12-33-13-10-25-23(30)21(14-22(28)29)26-24(31)32-15-20-18-8-3-1-6-16(18)17-7-2-4-9-19(17)20/h1-4,6-9,20-21,27H,5,10-15H2,(H,25,30)(H,26,31)(H,28,29). The average molecular weight is 473 g/mol. The minimum atomic E-state index is -1.24. The van der Waals surface area contributed by atoms with E-state index in [9.17, 15) is 14.4 Å². The van der Waals surface area contributed by atoms with Crippen LogP contribution in [0.15, 0.2) is 48.5 Å². The van der Waals surface area contributed by atoms with Crippen LogP contribution >= 0.6 is 11.8 Å².